The van der Waals surface area contributed by atoms with Gasteiger partial charge in [0.05, 0.1) is 9.79 Å². The Hall–Kier alpha value is -1.12. The Labute approximate surface area is 145 Å². The summed E-state index contributed by atoms with van der Waals surface area (Å²) in [6.45, 7) is 0.0104. The Bertz CT molecular complexity index is 903. The van der Waals surface area contributed by atoms with Crippen LogP contribution in [0, 0.1) is 0 Å². The van der Waals surface area contributed by atoms with Gasteiger partial charge >= 0.3 is 0 Å². The average Bonchev–Trinajstić information content (AvgIpc) is 2.44. The van der Waals surface area contributed by atoms with Crippen LogP contribution in [-0.2, 0) is 26.4 Å². The predicted octanol–water partition coefficient (Wildman–Crippen LogP) is 2.88. The number of rotatable bonds is 5. The molecule has 0 bridgehead atoms. The second-order valence-corrected chi connectivity index (χ2v) is 9.50. The van der Waals surface area contributed by atoms with E-state index in [1.54, 1.807) is 12.1 Å². The highest BCUT2D eigenvalue weighted by Crippen LogP contribution is 2.22. The molecular formula is C14H13Cl2NO4S2. The van der Waals surface area contributed by atoms with Gasteiger partial charge in [0.15, 0.2) is 9.84 Å². The second-order valence-electron chi connectivity index (χ2n) is 4.85. The average molecular weight is 394 g/mol. The largest absolute Gasteiger partial charge is 0.240 e. The third kappa shape index (κ3) is 4.92. The lowest BCUT2D eigenvalue weighted by Crippen LogP contribution is -2.23. The number of nitrogens with one attached hydrogen (secondary N) is 1. The zero-order chi connectivity index (χ0) is 17.3. The fraction of sp³-hybridized carbons (Fsp3) is 0.143. The van der Waals surface area contributed by atoms with E-state index in [9.17, 15) is 16.8 Å². The summed E-state index contributed by atoms with van der Waals surface area (Å²) in [4.78, 5) is 0.133. The van der Waals surface area contributed by atoms with E-state index < -0.39 is 19.9 Å². The number of halogens is 2. The van der Waals surface area contributed by atoms with Gasteiger partial charge in [-0.3, -0.25) is 0 Å². The lowest BCUT2D eigenvalue weighted by molar-refractivity contribution is 0.581. The highest BCUT2D eigenvalue weighted by atomic mass is 35.5. The molecule has 0 aliphatic rings. The normalized spacial score (nSPS) is 12.3. The van der Waals surface area contributed by atoms with Crippen LogP contribution in [0.4, 0.5) is 0 Å². The molecule has 0 radical (unpaired) electrons. The maximum atomic E-state index is 12.2. The minimum Gasteiger partial charge on any atom is -0.224 e. The fourth-order valence-corrected chi connectivity index (χ4v) is 4.17. The molecule has 0 amide bonds. The summed E-state index contributed by atoms with van der Waals surface area (Å²) in [6, 6.07) is 9.97. The van der Waals surface area contributed by atoms with Crippen LogP contribution < -0.4 is 4.72 Å². The van der Waals surface area contributed by atoms with Crippen molar-refractivity contribution in [2.75, 3.05) is 6.26 Å². The molecule has 2 aromatic rings. The maximum absolute atomic E-state index is 12.2. The van der Waals surface area contributed by atoms with Gasteiger partial charge in [0.25, 0.3) is 0 Å². The van der Waals surface area contributed by atoms with E-state index in [-0.39, 0.29) is 26.4 Å². The summed E-state index contributed by atoms with van der Waals surface area (Å²) < 4.78 is 49.6. The van der Waals surface area contributed by atoms with Gasteiger partial charge in [0.1, 0.15) is 0 Å². The van der Waals surface area contributed by atoms with E-state index >= 15 is 0 Å². The van der Waals surface area contributed by atoms with Crippen molar-refractivity contribution in [2.24, 2.45) is 0 Å². The van der Waals surface area contributed by atoms with Crippen molar-refractivity contribution in [1.29, 1.82) is 0 Å². The minimum atomic E-state index is -3.78. The quantitative estimate of drug-likeness (QED) is 0.846. The molecule has 5 nitrogen and oxygen atoms in total. The zero-order valence-corrected chi connectivity index (χ0v) is 15.1. The number of hydrogen-bond donors (Lipinski definition) is 1. The lowest BCUT2D eigenvalue weighted by atomic mass is 10.2. The standard InChI is InChI=1S/C14H13Cl2NO4S2/c1-22(18,19)13-4-2-10(3-5-13)9-17-23(20,21)14-7-11(15)6-12(16)8-14/h2-8,17H,9H2,1H3. The van der Waals surface area contributed by atoms with Crippen LogP contribution in [0.5, 0.6) is 0 Å². The Kier molecular flexibility index (Phi) is 5.37. The monoisotopic (exact) mass is 393 g/mol. The summed E-state index contributed by atoms with van der Waals surface area (Å²) >= 11 is 11.6. The topological polar surface area (TPSA) is 80.3 Å². The van der Waals surface area contributed by atoms with Crippen LogP contribution in [-0.4, -0.2) is 23.1 Å². The molecule has 0 heterocycles. The number of hydrogen-bond acceptors (Lipinski definition) is 4. The Balaban J connectivity index is 2.16. The number of benzene rings is 2. The molecule has 0 spiro atoms. The predicted molar refractivity (Wildman–Crippen MR) is 90.0 cm³/mol. The number of sulfone groups is 1. The molecule has 9 heteroatoms. The summed E-state index contributed by atoms with van der Waals surface area (Å²) in [7, 11) is -7.06. The van der Waals surface area contributed by atoms with E-state index in [1.807, 2.05) is 0 Å². The molecule has 1 N–H and O–H groups in total. The Morgan fingerprint density at radius 2 is 1.39 bits per heavy atom. The first-order chi connectivity index (χ1) is 10.6. The summed E-state index contributed by atoms with van der Waals surface area (Å²) in [5.74, 6) is 0. The SMILES string of the molecule is CS(=O)(=O)c1ccc(CNS(=O)(=O)c2cc(Cl)cc(Cl)c2)cc1. The molecule has 23 heavy (non-hydrogen) atoms. The van der Waals surface area contributed by atoms with Gasteiger partial charge in [0, 0.05) is 22.8 Å². The summed E-state index contributed by atoms with van der Waals surface area (Å²) in [6.07, 6.45) is 1.10. The molecule has 124 valence electrons. The van der Waals surface area contributed by atoms with E-state index in [0.29, 0.717) is 5.56 Å². The highest BCUT2D eigenvalue weighted by molar-refractivity contribution is 7.90. The van der Waals surface area contributed by atoms with Crippen molar-refractivity contribution < 1.29 is 16.8 Å². The molecule has 0 atom stereocenters. The molecule has 0 aromatic heterocycles. The van der Waals surface area contributed by atoms with Crippen molar-refractivity contribution in [1.82, 2.24) is 4.72 Å². The molecule has 0 fully saturated rings. The van der Waals surface area contributed by atoms with Crippen LogP contribution in [0.3, 0.4) is 0 Å². The molecule has 0 saturated heterocycles. The third-order valence-corrected chi connectivity index (χ3v) is 5.91. The fourth-order valence-electron chi connectivity index (χ4n) is 1.80. The molecule has 0 aliphatic heterocycles. The first-order valence-electron chi connectivity index (χ1n) is 6.33. The summed E-state index contributed by atoms with van der Waals surface area (Å²) in [5.41, 5.74) is 0.620. The molecular weight excluding hydrogens is 381 g/mol. The Morgan fingerprint density at radius 3 is 1.87 bits per heavy atom. The van der Waals surface area contributed by atoms with Crippen molar-refractivity contribution in [2.45, 2.75) is 16.3 Å². The molecule has 0 unspecified atom stereocenters. The van der Waals surface area contributed by atoms with Crippen molar-refractivity contribution in [3.05, 3.63) is 58.1 Å². The molecule has 0 aliphatic carbocycles. The smallest absolute Gasteiger partial charge is 0.224 e. The van der Waals surface area contributed by atoms with E-state index in [1.165, 1.54) is 30.3 Å². The van der Waals surface area contributed by atoms with Gasteiger partial charge in [-0.05, 0) is 35.9 Å². The van der Waals surface area contributed by atoms with Gasteiger partial charge in [0.2, 0.25) is 10.0 Å². The summed E-state index contributed by atoms with van der Waals surface area (Å²) in [5, 5.41) is 0.436. The van der Waals surface area contributed by atoms with Gasteiger partial charge in [-0.1, -0.05) is 35.3 Å². The van der Waals surface area contributed by atoms with Crippen LogP contribution in [0.2, 0.25) is 10.0 Å². The zero-order valence-electron chi connectivity index (χ0n) is 12.0. The van der Waals surface area contributed by atoms with Crippen molar-refractivity contribution >= 4 is 43.1 Å². The second kappa shape index (κ2) is 6.78. The van der Waals surface area contributed by atoms with Gasteiger partial charge in [-0.2, -0.15) is 0 Å². The van der Waals surface area contributed by atoms with Crippen LogP contribution in [0.1, 0.15) is 5.56 Å². The van der Waals surface area contributed by atoms with Gasteiger partial charge < -0.3 is 0 Å². The Morgan fingerprint density at radius 1 is 0.870 bits per heavy atom. The molecule has 2 aromatic carbocycles. The van der Waals surface area contributed by atoms with E-state index in [0.717, 1.165) is 6.26 Å². The van der Waals surface area contributed by atoms with E-state index in [2.05, 4.69) is 4.72 Å². The van der Waals surface area contributed by atoms with Gasteiger partial charge in [-0.15, -0.1) is 0 Å². The van der Waals surface area contributed by atoms with Crippen LogP contribution in [0.15, 0.2) is 52.3 Å². The number of sulfonamides is 1. The van der Waals surface area contributed by atoms with Crippen LogP contribution >= 0.6 is 23.2 Å². The van der Waals surface area contributed by atoms with Crippen molar-refractivity contribution in [3.63, 3.8) is 0 Å². The lowest BCUT2D eigenvalue weighted by Gasteiger charge is -2.08. The minimum absolute atomic E-state index is 0.0104. The highest BCUT2D eigenvalue weighted by Gasteiger charge is 2.15. The van der Waals surface area contributed by atoms with Crippen LogP contribution in [0.25, 0.3) is 0 Å². The first-order valence-corrected chi connectivity index (χ1v) is 10.5. The molecule has 2 rings (SSSR count). The van der Waals surface area contributed by atoms with Crippen molar-refractivity contribution in [3.8, 4) is 0 Å². The first kappa shape index (κ1) is 18.2. The van der Waals surface area contributed by atoms with E-state index in [4.69, 9.17) is 23.2 Å². The molecule has 0 saturated carbocycles. The maximum Gasteiger partial charge on any atom is 0.240 e. The van der Waals surface area contributed by atoms with Gasteiger partial charge in [-0.25, -0.2) is 21.6 Å². The third-order valence-electron chi connectivity index (χ3n) is 2.96.